The number of carbonyl (C=O) groups excluding carboxylic acids is 2. The predicted octanol–water partition coefficient (Wildman–Crippen LogP) is 0.274. The average Bonchev–Trinajstić information content (AvgIpc) is 2.34. The summed E-state index contributed by atoms with van der Waals surface area (Å²) in [5.74, 6) is -0.314. The number of likely N-dealkylation sites (N-methyl/N-ethyl adjacent to an activating group) is 1. The number of nitrogens with zero attached hydrogens (tertiary/aromatic N) is 1. The predicted molar refractivity (Wildman–Crippen MR) is 66.2 cm³/mol. The molecule has 1 aliphatic heterocycles. The van der Waals surface area contributed by atoms with Gasteiger partial charge in [-0.15, -0.1) is 0 Å². The van der Waals surface area contributed by atoms with Crippen LogP contribution in [-0.2, 0) is 9.53 Å². The molecule has 2 amide bonds. The van der Waals surface area contributed by atoms with E-state index in [4.69, 9.17) is 4.74 Å². The van der Waals surface area contributed by atoms with Gasteiger partial charge in [0.2, 0.25) is 5.91 Å². The fourth-order valence-electron chi connectivity index (χ4n) is 1.68. The first kappa shape index (κ1) is 12.6. The molecule has 1 fully saturated rings. The number of carbonyl (C=O) groups is 2. The van der Waals surface area contributed by atoms with Gasteiger partial charge in [0.1, 0.15) is 0 Å². The van der Waals surface area contributed by atoms with E-state index >= 15 is 0 Å². The van der Waals surface area contributed by atoms with E-state index in [1.54, 1.807) is 31.3 Å². The van der Waals surface area contributed by atoms with E-state index in [0.717, 1.165) is 0 Å². The zero-order valence-corrected chi connectivity index (χ0v) is 10.3. The first-order chi connectivity index (χ1) is 8.66. The molecule has 0 aliphatic carbocycles. The topological polar surface area (TPSA) is 58.6 Å². The summed E-state index contributed by atoms with van der Waals surface area (Å²) in [4.78, 5) is 25.0. The summed E-state index contributed by atoms with van der Waals surface area (Å²) in [6.07, 6.45) is 0. The largest absolute Gasteiger partial charge is 0.377 e. The normalized spacial score (nSPS) is 14.7. The van der Waals surface area contributed by atoms with Crippen LogP contribution in [0.1, 0.15) is 10.4 Å². The van der Waals surface area contributed by atoms with Crippen LogP contribution in [0.15, 0.2) is 30.3 Å². The van der Waals surface area contributed by atoms with Crippen molar-refractivity contribution in [2.75, 3.05) is 26.8 Å². The molecule has 5 nitrogen and oxygen atoms in total. The monoisotopic (exact) mass is 248 g/mol. The van der Waals surface area contributed by atoms with E-state index in [-0.39, 0.29) is 24.4 Å². The Labute approximate surface area is 106 Å². The molecule has 1 aliphatic rings. The smallest absolute Gasteiger partial charge is 0.254 e. The average molecular weight is 248 g/mol. The van der Waals surface area contributed by atoms with Crippen LogP contribution in [0.25, 0.3) is 0 Å². The van der Waals surface area contributed by atoms with Gasteiger partial charge in [-0.05, 0) is 12.1 Å². The summed E-state index contributed by atoms with van der Waals surface area (Å²) >= 11 is 0. The van der Waals surface area contributed by atoms with Crippen molar-refractivity contribution in [2.45, 2.75) is 6.04 Å². The molecular formula is C13H16N2O3. The molecule has 18 heavy (non-hydrogen) atoms. The molecule has 1 N–H and O–H groups in total. The van der Waals surface area contributed by atoms with Crippen molar-refractivity contribution in [1.82, 2.24) is 10.2 Å². The number of hydrogen-bond donors (Lipinski definition) is 1. The quantitative estimate of drug-likeness (QED) is 0.832. The number of nitrogens with one attached hydrogen (secondary N) is 1. The lowest BCUT2D eigenvalue weighted by Crippen LogP contribution is -2.51. The van der Waals surface area contributed by atoms with Gasteiger partial charge in [-0.25, -0.2) is 0 Å². The lowest BCUT2D eigenvalue weighted by molar-refractivity contribution is -0.125. The second-order valence-corrected chi connectivity index (χ2v) is 4.33. The standard InChI is InChI=1S/C13H16N2O3/c1-15(7-12(16)14-11-8-18-9-11)13(17)10-5-3-2-4-6-10/h2-6,11H,7-9H2,1H3,(H,14,16). The summed E-state index contributed by atoms with van der Waals surface area (Å²) in [5.41, 5.74) is 0.583. The molecule has 1 aromatic rings. The van der Waals surface area contributed by atoms with Crippen LogP contribution in [0.4, 0.5) is 0 Å². The summed E-state index contributed by atoms with van der Waals surface area (Å²) in [6.45, 7) is 1.17. The van der Waals surface area contributed by atoms with E-state index < -0.39 is 0 Å². The maximum absolute atomic E-state index is 12.0. The van der Waals surface area contributed by atoms with Crippen LogP contribution < -0.4 is 5.32 Å². The number of ether oxygens (including phenoxy) is 1. The molecular weight excluding hydrogens is 232 g/mol. The second-order valence-electron chi connectivity index (χ2n) is 4.33. The molecule has 0 bridgehead atoms. The zero-order chi connectivity index (χ0) is 13.0. The highest BCUT2D eigenvalue weighted by atomic mass is 16.5. The minimum atomic E-state index is -0.157. The lowest BCUT2D eigenvalue weighted by atomic mass is 10.2. The Balaban J connectivity index is 1.85. The van der Waals surface area contributed by atoms with Crippen LogP contribution >= 0.6 is 0 Å². The van der Waals surface area contributed by atoms with E-state index in [9.17, 15) is 9.59 Å². The number of benzene rings is 1. The van der Waals surface area contributed by atoms with Crippen LogP contribution in [-0.4, -0.2) is 49.6 Å². The zero-order valence-electron chi connectivity index (χ0n) is 10.3. The first-order valence-corrected chi connectivity index (χ1v) is 5.84. The molecule has 2 rings (SSSR count). The third kappa shape index (κ3) is 3.07. The fourth-order valence-corrected chi connectivity index (χ4v) is 1.68. The number of amides is 2. The van der Waals surface area contributed by atoms with Crippen molar-refractivity contribution in [3.8, 4) is 0 Å². The highest BCUT2D eigenvalue weighted by Crippen LogP contribution is 2.03. The molecule has 0 saturated carbocycles. The Kier molecular flexibility index (Phi) is 3.94. The van der Waals surface area contributed by atoms with Crippen molar-refractivity contribution in [3.63, 3.8) is 0 Å². The van der Waals surface area contributed by atoms with E-state index in [2.05, 4.69) is 5.32 Å². The van der Waals surface area contributed by atoms with Gasteiger partial charge in [-0.3, -0.25) is 9.59 Å². The molecule has 0 spiro atoms. The van der Waals surface area contributed by atoms with Crippen LogP contribution in [0, 0.1) is 0 Å². The van der Waals surface area contributed by atoms with Crippen LogP contribution in [0.5, 0.6) is 0 Å². The minimum Gasteiger partial charge on any atom is -0.377 e. The van der Waals surface area contributed by atoms with Gasteiger partial charge in [0, 0.05) is 12.6 Å². The summed E-state index contributed by atoms with van der Waals surface area (Å²) in [7, 11) is 1.62. The Morgan fingerprint density at radius 1 is 1.33 bits per heavy atom. The van der Waals surface area contributed by atoms with Crippen molar-refractivity contribution >= 4 is 11.8 Å². The first-order valence-electron chi connectivity index (χ1n) is 5.84. The highest BCUT2D eigenvalue weighted by Gasteiger charge is 2.22. The van der Waals surface area contributed by atoms with Gasteiger partial charge >= 0.3 is 0 Å². The van der Waals surface area contributed by atoms with Gasteiger partial charge in [0.25, 0.3) is 5.91 Å². The van der Waals surface area contributed by atoms with Gasteiger partial charge in [-0.2, -0.15) is 0 Å². The molecule has 0 atom stereocenters. The molecule has 0 aromatic heterocycles. The second kappa shape index (κ2) is 5.64. The van der Waals surface area contributed by atoms with Crippen molar-refractivity contribution < 1.29 is 14.3 Å². The molecule has 1 aromatic carbocycles. The van der Waals surface area contributed by atoms with Crippen LogP contribution in [0.2, 0.25) is 0 Å². The van der Waals surface area contributed by atoms with Crippen molar-refractivity contribution in [2.24, 2.45) is 0 Å². The molecule has 0 unspecified atom stereocenters. The summed E-state index contributed by atoms with van der Waals surface area (Å²) in [5, 5.41) is 2.80. The number of hydrogen-bond acceptors (Lipinski definition) is 3. The van der Waals surface area contributed by atoms with Crippen molar-refractivity contribution in [3.05, 3.63) is 35.9 Å². The highest BCUT2D eigenvalue weighted by molar-refractivity contribution is 5.96. The Bertz CT molecular complexity index is 429. The minimum absolute atomic E-state index is 0.0597. The molecule has 0 radical (unpaired) electrons. The van der Waals surface area contributed by atoms with Crippen molar-refractivity contribution in [1.29, 1.82) is 0 Å². The molecule has 1 saturated heterocycles. The maximum atomic E-state index is 12.0. The van der Waals surface area contributed by atoms with Crippen LogP contribution in [0.3, 0.4) is 0 Å². The Morgan fingerprint density at radius 3 is 2.56 bits per heavy atom. The molecule has 1 heterocycles. The Morgan fingerprint density at radius 2 is 2.00 bits per heavy atom. The third-order valence-corrected chi connectivity index (χ3v) is 2.75. The molecule has 5 heteroatoms. The van der Waals surface area contributed by atoms with Gasteiger partial charge in [0.05, 0.1) is 25.8 Å². The van der Waals surface area contributed by atoms with E-state index in [0.29, 0.717) is 18.8 Å². The lowest BCUT2D eigenvalue weighted by Gasteiger charge is -2.27. The van der Waals surface area contributed by atoms with Gasteiger partial charge < -0.3 is 15.0 Å². The maximum Gasteiger partial charge on any atom is 0.254 e. The fraction of sp³-hybridized carbons (Fsp3) is 0.385. The van der Waals surface area contributed by atoms with Gasteiger partial charge in [0.15, 0.2) is 0 Å². The van der Waals surface area contributed by atoms with Gasteiger partial charge in [-0.1, -0.05) is 18.2 Å². The molecule has 96 valence electrons. The van der Waals surface area contributed by atoms with E-state index in [1.807, 2.05) is 6.07 Å². The van der Waals surface area contributed by atoms with E-state index in [1.165, 1.54) is 4.90 Å². The third-order valence-electron chi connectivity index (χ3n) is 2.75. The number of rotatable bonds is 4. The summed E-state index contributed by atoms with van der Waals surface area (Å²) < 4.78 is 4.96. The SMILES string of the molecule is CN(CC(=O)NC1COC1)C(=O)c1ccccc1. The Hall–Kier alpha value is -1.88. The summed E-state index contributed by atoms with van der Waals surface area (Å²) in [6, 6.07) is 9.00.